The van der Waals surface area contributed by atoms with Gasteiger partial charge in [-0.05, 0) is 48.2 Å². The minimum absolute atomic E-state index is 0.0365. The molecule has 1 atom stereocenters. The fourth-order valence-electron chi connectivity index (χ4n) is 3.38. The van der Waals surface area contributed by atoms with Gasteiger partial charge >= 0.3 is 0 Å². The van der Waals surface area contributed by atoms with E-state index in [1.165, 1.54) is 0 Å². The van der Waals surface area contributed by atoms with Gasteiger partial charge in [-0.2, -0.15) is 0 Å². The first-order valence-corrected chi connectivity index (χ1v) is 10.9. The average Bonchev–Trinajstić information content (AvgIpc) is 3.65. The van der Waals surface area contributed by atoms with Crippen molar-refractivity contribution in [2.45, 2.75) is 24.2 Å². The minimum Gasteiger partial charge on any atom is -0.497 e. The van der Waals surface area contributed by atoms with Gasteiger partial charge in [0.15, 0.2) is 0 Å². The number of carbonyl (C=O) groups is 3. The maximum absolute atomic E-state index is 13.4. The number of amides is 3. The quantitative estimate of drug-likeness (QED) is 0.505. The summed E-state index contributed by atoms with van der Waals surface area (Å²) < 4.78 is 5.20. The van der Waals surface area contributed by atoms with Crippen LogP contribution in [0.25, 0.3) is 6.08 Å². The first kappa shape index (κ1) is 21.1. The number of hydrogen-bond donors (Lipinski definition) is 2. The van der Waals surface area contributed by atoms with Crippen LogP contribution in [0.4, 0.5) is 5.69 Å². The molecule has 0 saturated heterocycles. The van der Waals surface area contributed by atoms with Crippen molar-refractivity contribution in [3.63, 3.8) is 0 Å². The second-order valence-corrected chi connectivity index (χ2v) is 8.43. The van der Waals surface area contributed by atoms with Crippen LogP contribution in [0.2, 0.25) is 0 Å². The molecule has 2 N–H and O–H groups in total. The molecule has 0 bridgehead atoms. The summed E-state index contributed by atoms with van der Waals surface area (Å²) in [5.41, 5.74) is 7.48. The summed E-state index contributed by atoms with van der Waals surface area (Å²) in [5.74, 6) is -0.299. The first-order chi connectivity index (χ1) is 15.0. The average molecular weight is 484 g/mol. The molecule has 1 aliphatic heterocycles. The van der Waals surface area contributed by atoms with Gasteiger partial charge in [0.05, 0.1) is 19.3 Å². The molecule has 2 aromatic rings. The van der Waals surface area contributed by atoms with Gasteiger partial charge in [-0.25, -0.2) is 0 Å². The normalized spacial score (nSPS) is 17.9. The monoisotopic (exact) mass is 483 g/mol. The van der Waals surface area contributed by atoms with E-state index in [-0.39, 0.29) is 23.3 Å². The Balaban J connectivity index is 1.59. The number of nitrogens with zero attached hydrogens (tertiary/aromatic N) is 1. The van der Waals surface area contributed by atoms with E-state index in [4.69, 9.17) is 4.74 Å². The van der Waals surface area contributed by atoms with Gasteiger partial charge < -0.3 is 9.64 Å². The molecule has 1 heterocycles. The van der Waals surface area contributed by atoms with Crippen molar-refractivity contribution in [3.8, 4) is 5.75 Å². The summed E-state index contributed by atoms with van der Waals surface area (Å²) in [4.78, 5) is 38.8. The highest BCUT2D eigenvalue weighted by Gasteiger charge is 2.35. The third kappa shape index (κ3) is 4.64. The number of fused-ring (bicyclic) bond motifs is 1. The predicted molar refractivity (Wildman–Crippen MR) is 120 cm³/mol. The number of methoxy groups -OCH3 is 1. The molecule has 4 rings (SSSR count). The highest BCUT2D eigenvalue weighted by Crippen LogP contribution is 2.33. The lowest BCUT2D eigenvalue weighted by atomic mass is 10.1. The van der Waals surface area contributed by atoms with E-state index in [9.17, 15) is 14.4 Å². The van der Waals surface area contributed by atoms with Gasteiger partial charge in [-0.15, -0.1) is 0 Å². The van der Waals surface area contributed by atoms with Crippen LogP contribution in [0.15, 0.2) is 54.1 Å². The predicted octanol–water partition coefficient (Wildman–Crippen LogP) is 2.95. The maximum Gasteiger partial charge on any atom is 0.267 e. The molecule has 0 aromatic heterocycles. The number of anilines is 1. The van der Waals surface area contributed by atoms with Crippen molar-refractivity contribution in [2.75, 3.05) is 12.0 Å². The van der Waals surface area contributed by atoms with Crippen molar-refractivity contribution >= 4 is 45.4 Å². The Bertz CT molecular complexity index is 1050. The molecular formula is C23H22BrN3O4. The van der Waals surface area contributed by atoms with E-state index in [0.29, 0.717) is 12.2 Å². The van der Waals surface area contributed by atoms with E-state index in [1.807, 2.05) is 48.5 Å². The topological polar surface area (TPSA) is 87.7 Å². The van der Waals surface area contributed by atoms with E-state index >= 15 is 0 Å². The molecule has 1 aliphatic carbocycles. The Kier molecular flexibility index (Phi) is 6.08. The molecular weight excluding hydrogens is 462 g/mol. The third-order valence-electron chi connectivity index (χ3n) is 5.30. The Labute approximate surface area is 188 Å². The van der Waals surface area contributed by atoms with Crippen LogP contribution in [0, 0.1) is 5.92 Å². The number of ether oxygens (including phenoxy) is 1. The van der Waals surface area contributed by atoms with Crippen LogP contribution in [-0.2, 0) is 20.9 Å². The molecule has 2 aliphatic rings. The minimum atomic E-state index is -0.865. The molecule has 1 fully saturated rings. The van der Waals surface area contributed by atoms with Gasteiger partial charge in [0, 0.05) is 11.5 Å². The molecule has 31 heavy (non-hydrogen) atoms. The number of hydrazine groups is 1. The number of rotatable bonds is 5. The summed E-state index contributed by atoms with van der Waals surface area (Å²) in [6, 6.07) is 14.9. The van der Waals surface area contributed by atoms with E-state index < -0.39 is 10.7 Å². The second-order valence-electron chi connectivity index (χ2n) is 7.51. The molecule has 1 unspecified atom stereocenters. The van der Waals surface area contributed by atoms with Crippen molar-refractivity contribution < 1.29 is 19.1 Å². The number of alkyl halides is 1. The van der Waals surface area contributed by atoms with Crippen LogP contribution < -0.4 is 20.5 Å². The lowest BCUT2D eigenvalue weighted by Gasteiger charge is -2.25. The standard InChI is InChI=1S/C23H22BrN3O4/c1-31-17-10-6-14(7-11-17)13-27-19-5-3-2-4-16(19)12-18(20(24)23(27)30)22(29)26-25-21(28)15-8-9-15/h2-7,10-12,15,20H,8-9,13H2,1H3,(H,25,28)(H,26,29). The zero-order chi connectivity index (χ0) is 22.0. The van der Waals surface area contributed by atoms with Gasteiger partial charge in [0.2, 0.25) is 11.8 Å². The Morgan fingerprint density at radius 3 is 2.48 bits per heavy atom. The molecule has 1 saturated carbocycles. The molecule has 7 nitrogen and oxygen atoms in total. The van der Waals surface area contributed by atoms with E-state index in [0.717, 1.165) is 29.7 Å². The molecule has 0 radical (unpaired) electrons. The maximum atomic E-state index is 13.4. The summed E-state index contributed by atoms with van der Waals surface area (Å²) >= 11 is 3.40. The molecule has 8 heteroatoms. The number of benzene rings is 2. The SMILES string of the molecule is COc1ccc(CN2C(=O)C(Br)C(C(=O)NNC(=O)C3CC3)=Cc3ccccc32)cc1. The largest absolute Gasteiger partial charge is 0.497 e. The molecule has 0 spiro atoms. The van der Waals surface area contributed by atoms with Crippen LogP contribution >= 0.6 is 15.9 Å². The van der Waals surface area contributed by atoms with E-state index in [1.54, 1.807) is 18.1 Å². The van der Waals surface area contributed by atoms with Crippen molar-refractivity contribution in [3.05, 3.63) is 65.2 Å². The second kappa shape index (κ2) is 8.93. The van der Waals surface area contributed by atoms with Crippen LogP contribution in [0.5, 0.6) is 5.75 Å². The Morgan fingerprint density at radius 2 is 1.81 bits per heavy atom. The number of halogens is 1. The van der Waals surface area contributed by atoms with Crippen molar-refractivity contribution in [2.24, 2.45) is 5.92 Å². The van der Waals surface area contributed by atoms with E-state index in [2.05, 4.69) is 26.8 Å². The summed E-state index contributed by atoms with van der Waals surface area (Å²) in [6.45, 7) is 0.336. The summed E-state index contributed by atoms with van der Waals surface area (Å²) in [7, 11) is 1.60. The molecule has 2 aromatic carbocycles. The zero-order valence-electron chi connectivity index (χ0n) is 16.9. The van der Waals surface area contributed by atoms with Gasteiger partial charge in [-0.3, -0.25) is 25.2 Å². The number of nitrogens with one attached hydrogen (secondary N) is 2. The highest BCUT2D eigenvalue weighted by molar-refractivity contribution is 9.10. The number of carbonyl (C=O) groups excluding carboxylic acids is 3. The summed E-state index contributed by atoms with van der Waals surface area (Å²) in [5, 5.41) is 0. The van der Waals surface area contributed by atoms with Crippen molar-refractivity contribution in [1.82, 2.24) is 10.9 Å². The van der Waals surface area contributed by atoms with Gasteiger partial charge in [0.25, 0.3) is 5.91 Å². The fourth-order valence-corrected chi connectivity index (χ4v) is 3.97. The Hall–Kier alpha value is -3.13. The van der Waals surface area contributed by atoms with Gasteiger partial charge in [0.1, 0.15) is 10.6 Å². The van der Waals surface area contributed by atoms with Crippen LogP contribution in [0.1, 0.15) is 24.0 Å². The third-order valence-corrected chi connectivity index (χ3v) is 6.19. The van der Waals surface area contributed by atoms with Gasteiger partial charge in [-0.1, -0.05) is 46.3 Å². The lowest BCUT2D eigenvalue weighted by molar-refractivity contribution is -0.128. The Morgan fingerprint density at radius 1 is 1.10 bits per heavy atom. The number of hydrogen-bond acceptors (Lipinski definition) is 4. The molecule has 160 valence electrons. The van der Waals surface area contributed by atoms with Crippen molar-refractivity contribution in [1.29, 1.82) is 0 Å². The number of para-hydroxylation sites is 1. The lowest BCUT2D eigenvalue weighted by Crippen LogP contribution is -2.45. The van der Waals surface area contributed by atoms with Crippen LogP contribution in [0.3, 0.4) is 0 Å². The zero-order valence-corrected chi connectivity index (χ0v) is 18.5. The fraction of sp³-hybridized carbons (Fsp3) is 0.261. The first-order valence-electron chi connectivity index (χ1n) is 9.97. The summed E-state index contributed by atoms with van der Waals surface area (Å²) in [6.07, 6.45) is 3.34. The molecule has 3 amide bonds. The smallest absolute Gasteiger partial charge is 0.267 e. The van der Waals surface area contributed by atoms with Crippen LogP contribution in [-0.4, -0.2) is 29.7 Å². The highest BCUT2D eigenvalue weighted by atomic mass is 79.9.